The first-order valence-electron chi connectivity index (χ1n) is 17.2. The Morgan fingerprint density at radius 2 is 1.72 bits per heavy atom. The van der Waals surface area contributed by atoms with Crippen LogP contribution in [0.1, 0.15) is 94.5 Å². The van der Waals surface area contributed by atoms with Crippen LogP contribution in [0.25, 0.3) is 0 Å². The van der Waals surface area contributed by atoms with Crippen molar-refractivity contribution in [1.29, 1.82) is 0 Å². The van der Waals surface area contributed by atoms with E-state index in [1.54, 1.807) is 48.5 Å². The fourth-order valence-corrected chi connectivity index (χ4v) is 10.5. The number of nitrogens with zero attached hydrogens (tertiary/aromatic N) is 1. The van der Waals surface area contributed by atoms with E-state index in [0.717, 1.165) is 44.9 Å². The van der Waals surface area contributed by atoms with Crippen molar-refractivity contribution in [3.63, 3.8) is 0 Å². The van der Waals surface area contributed by atoms with Gasteiger partial charge in [0.2, 0.25) is 5.91 Å². The maximum Gasteiger partial charge on any atom is 0.336 e. The van der Waals surface area contributed by atoms with Crippen LogP contribution in [0.15, 0.2) is 53.5 Å². The number of amides is 1. The zero-order valence-electron chi connectivity index (χ0n) is 27.3. The molecule has 2 aromatic rings. The van der Waals surface area contributed by atoms with E-state index in [2.05, 4.69) is 31.1 Å². The summed E-state index contributed by atoms with van der Waals surface area (Å²) in [6, 6.07) is 13.9. The molecule has 0 heterocycles. The summed E-state index contributed by atoms with van der Waals surface area (Å²) in [7, 11) is 0. The minimum Gasteiger partial charge on any atom is -0.478 e. The van der Waals surface area contributed by atoms with E-state index in [-0.39, 0.29) is 64.1 Å². The van der Waals surface area contributed by atoms with E-state index in [1.165, 1.54) is 6.21 Å². The van der Waals surface area contributed by atoms with Crippen molar-refractivity contribution in [3.05, 3.63) is 59.7 Å². The van der Waals surface area contributed by atoms with Crippen LogP contribution in [0.2, 0.25) is 0 Å². The third-order valence-corrected chi connectivity index (χ3v) is 13.0. The number of nitrogens with one attached hydrogen (secondary N) is 1. The molecule has 0 aliphatic heterocycles. The average molecular weight is 631 g/mol. The summed E-state index contributed by atoms with van der Waals surface area (Å²) < 4.78 is 0. The maximum absolute atomic E-state index is 13.0. The lowest BCUT2D eigenvalue weighted by Gasteiger charge is -2.63. The number of carbonyl (C=O) groups is 2. The summed E-state index contributed by atoms with van der Waals surface area (Å²) in [5.74, 6) is 0.524. The van der Waals surface area contributed by atoms with Crippen molar-refractivity contribution in [3.8, 4) is 0 Å². The molecule has 4 fully saturated rings. The van der Waals surface area contributed by atoms with Gasteiger partial charge in [-0.3, -0.25) is 9.79 Å². The van der Waals surface area contributed by atoms with Crippen molar-refractivity contribution < 1.29 is 30.0 Å². The molecule has 0 unspecified atom stereocenters. The second kappa shape index (κ2) is 12.9. The number of carboxylic acid groups (broad SMARTS) is 1. The highest BCUT2D eigenvalue weighted by molar-refractivity contribution is 5.99. The number of hydrogen-bond acceptors (Lipinski definition) is 6. The van der Waals surface area contributed by atoms with Crippen molar-refractivity contribution >= 4 is 29.5 Å². The van der Waals surface area contributed by atoms with E-state index in [1.807, 2.05) is 0 Å². The number of fused-ring (bicyclic) bond motifs is 5. The van der Waals surface area contributed by atoms with Gasteiger partial charge < -0.3 is 25.7 Å². The number of benzene rings is 2. The van der Waals surface area contributed by atoms with Crippen molar-refractivity contribution in [1.82, 2.24) is 0 Å². The van der Waals surface area contributed by atoms with E-state index in [0.29, 0.717) is 35.7 Å². The van der Waals surface area contributed by atoms with Crippen LogP contribution in [0.5, 0.6) is 0 Å². The van der Waals surface area contributed by atoms with Gasteiger partial charge in [-0.1, -0.05) is 39.0 Å². The topological polar surface area (TPSA) is 139 Å². The third-order valence-electron chi connectivity index (χ3n) is 13.0. The Balaban J connectivity index is 1.05. The molecule has 0 spiro atoms. The lowest BCUT2D eigenvalue weighted by molar-refractivity contribution is -0.207. The summed E-state index contributed by atoms with van der Waals surface area (Å²) in [5, 5.41) is 46.1. The van der Waals surface area contributed by atoms with Gasteiger partial charge in [0, 0.05) is 23.9 Å². The SMILES string of the molecule is C[C@H](CCC(=O)Nc1ccc(N=Cc2ccccc2C(=O)O)cc1)[C@H]1CC[C@H]2[C@@H]3[C@H](O)C[C@@H]4C[C@H](O)CC[C@]4(C)[C@H]3C[C@H](O)[C@]12C. The minimum absolute atomic E-state index is 0.0522. The number of carboxylic acids is 1. The molecule has 0 aromatic heterocycles. The first-order chi connectivity index (χ1) is 21.9. The number of aromatic carboxylic acids is 1. The van der Waals surface area contributed by atoms with Gasteiger partial charge in [-0.05, 0) is 128 Å². The normalized spacial score (nSPS) is 37.6. The van der Waals surface area contributed by atoms with Gasteiger partial charge in [-0.2, -0.15) is 0 Å². The average Bonchev–Trinajstić information content (AvgIpc) is 3.39. The number of aliphatic hydroxyl groups excluding tert-OH is 3. The van der Waals surface area contributed by atoms with Crippen LogP contribution in [-0.4, -0.2) is 56.8 Å². The first kappa shape index (κ1) is 32.9. The molecule has 8 nitrogen and oxygen atoms in total. The second-order valence-electron chi connectivity index (χ2n) is 15.3. The monoisotopic (exact) mass is 630 g/mol. The lowest BCUT2D eigenvalue weighted by atomic mass is 9.43. The molecule has 4 aliphatic rings. The number of hydrogen-bond donors (Lipinski definition) is 5. The maximum atomic E-state index is 13.0. The molecule has 0 bridgehead atoms. The molecule has 4 aliphatic carbocycles. The van der Waals surface area contributed by atoms with Crippen molar-refractivity contribution in [2.24, 2.45) is 51.3 Å². The van der Waals surface area contributed by atoms with Crippen LogP contribution in [-0.2, 0) is 4.79 Å². The summed E-state index contributed by atoms with van der Waals surface area (Å²) in [6.07, 6.45) is 7.58. The Hall–Kier alpha value is -3.07. The Morgan fingerprint density at radius 1 is 0.978 bits per heavy atom. The Bertz CT molecular complexity index is 1460. The number of rotatable bonds is 8. The third kappa shape index (κ3) is 5.93. The van der Waals surface area contributed by atoms with Crippen LogP contribution in [0.4, 0.5) is 11.4 Å². The van der Waals surface area contributed by atoms with Gasteiger partial charge in [-0.15, -0.1) is 0 Å². The number of anilines is 1. The fourth-order valence-electron chi connectivity index (χ4n) is 10.5. The largest absolute Gasteiger partial charge is 0.478 e. The zero-order chi connectivity index (χ0) is 32.8. The lowest BCUT2D eigenvalue weighted by Crippen LogP contribution is -2.62. The van der Waals surface area contributed by atoms with Gasteiger partial charge >= 0.3 is 5.97 Å². The summed E-state index contributed by atoms with van der Waals surface area (Å²) >= 11 is 0. The molecule has 11 atom stereocenters. The number of carbonyl (C=O) groups excluding carboxylic acids is 1. The molecule has 8 heteroatoms. The molecule has 248 valence electrons. The molecule has 46 heavy (non-hydrogen) atoms. The Morgan fingerprint density at radius 3 is 2.46 bits per heavy atom. The highest BCUT2D eigenvalue weighted by Crippen LogP contribution is 2.68. The number of aliphatic imine (C=N–C) groups is 1. The van der Waals surface area contributed by atoms with E-state index in [4.69, 9.17) is 0 Å². The van der Waals surface area contributed by atoms with Gasteiger partial charge in [-0.25, -0.2) is 4.79 Å². The Labute approximate surface area is 272 Å². The summed E-state index contributed by atoms with van der Waals surface area (Å²) in [5.41, 5.74) is 1.82. The van der Waals surface area contributed by atoms with Crippen LogP contribution < -0.4 is 5.32 Å². The molecule has 0 saturated heterocycles. The van der Waals surface area contributed by atoms with Gasteiger partial charge in [0.15, 0.2) is 0 Å². The van der Waals surface area contributed by atoms with Crippen LogP contribution >= 0.6 is 0 Å². The smallest absolute Gasteiger partial charge is 0.336 e. The predicted octanol–water partition coefficient (Wildman–Crippen LogP) is 6.45. The first-order valence-corrected chi connectivity index (χ1v) is 17.2. The standard InChI is InChI=1S/C38H50N2O6/c1-22(8-15-34(44)40-26-11-9-25(10-12-26)39-21-23-6-4-5-7-28(23)36(45)46)29-13-14-30-35-31(20-33(43)38(29,30)3)37(2)17-16-27(41)18-24(37)19-32(35)42/h4-7,9-12,21-22,24,27,29-33,35,41-43H,8,13-20H2,1-3H3,(H,40,44)(H,45,46)/t22-,24+,27-,29-,30+,31+,32-,33+,35+,37+,38-/m1/s1. The van der Waals surface area contributed by atoms with Crippen molar-refractivity contribution in [2.45, 2.75) is 96.9 Å². The molecule has 2 aromatic carbocycles. The quantitative estimate of drug-likeness (QED) is 0.213. The summed E-state index contributed by atoms with van der Waals surface area (Å²) in [6.45, 7) is 6.83. The molecular weight excluding hydrogens is 580 g/mol. The van der Waals surface area contributed by atoms with E-state index in [9.17, 15) is 30.0 Å². The highest BCUT2D eigenvalue weighted by Gasteiger charge is 2.65. The summed E-state index contributed by atoms with van der Waals surface area (Å²) in [4.78, 5) is 28.8. The molecule has 1 amide bonds. The number of aliphatic hydroxyl groups is 3. The van der Waals surface area contributed by atoms with Crippen LogP contribution in [0.3, 0.4) is 0 Å². The molecule has 5 N–H and O–H groups in total. The van der Waals surface area contributed by atoms with E-state index < -0.39 is 12.1 Å². The van der Waals surface area contributed by atoms with Gasteiger partial charge in [0.05, 0.1) is 29.6 Å². The van der Waals surface area contributed by atoms with Gasteiger partial charge in [0.25, 0.3) is 0 Å². The van der Waals surface area contributed by atoms with Gasteiger partial charge in [0.1, 0.15) is 0 Å². The highest BCUT2D eigenvalue weighted by atomic mass is 16.4. The Kier molecular flexibility index (Phi) is 9.18. The fraction of sp³-hybridized carbons (Fsp3) is 0.605. The molecule has 6 rings (SSSR count). The molecule has 4 saturated carbocycles. The second-order valence-corrected chi connectivity index (χ2v) is 15.3. The van der Waals surface area contributed by atoms with Crippen LogP contribution in [0, 0.1) is 46.3 Å². The van der Waals surface area contributed by atoms with Crippen molar-refractivity contribution in [2.75, 3.05) is 5.32 Å². The van der Waals surface area contributed by atoms with E-state index >= 15 is 0 Å². The molecular formula is C38H50N2O6. The molecule has 0 radical (unpaired) electrons. The predicted molar refractivity (Wildman–Crippen MR) is 178 cm³/mol. The zero-order valence-corrected chi connectivity index (χ0v) is 27.3. The minimum atomic E-state index is -1.00.